The smallest absolute Gasteiger partial charge is 0.229 e. The molecule has 6 heteroatoms. The highest BCUT2D eigenvalue weighted by molar-refractivity contribution is 5.90. The first-order chi connectivity index (χ1) is 9.94. The molecule has 3 heterocycles. The first-order valence-electron chi connectivity index (χ1n) is 7.43. The van der Waals surface area contributed by atoms with Crippen LogP contribution < -0.4 is 5.11 Å². The average molecular weight is 294 g/mol. The van der Waals surface area contributed by atoms with Gasteiger partial charge in [-0.2, -0.15) is 0 Å². The summed E-state index contributed by atoms with van der Waals surface area (Å²) in [5.41, 5.74) is -0.759. The molecule has 2 bridgehead atoms. The van der Waals surface area contributed by atoms with E-state index in [1.165, 1.54) is 0 Å². The van der Waals surface area contributed by atoms with E-state index in [9.17, 15) is 14.7 Å². The second-order valence-electron chi connectivity index (χ2n) is 6.25. The zero-order chi connectivity index (χ0) is 15.2. The number of amides is 1. The van der Waals surface area contributed by atoms with Crippen molar-refractivity contribution in [2.75, 3.05) is 19.7 Å². The summed E-state index contributed by atoms with van der Waals surface area (Å²) in [6.07, 6.45) is 3.98. The van der Waals surface area contributed by atoms with Gasteiger partial charge in [-0.1, -0.05) is 12.2 Å². The van der Waals surface area contributed by atoms with Crippen molar-refractivity contribution in [2.45, 2.75) is 38.1 Å². The molecule has 2 saturated heterocycles. The number of hydrogen-bond acceptors (Lipinski definition) is 5. The van der Waals surface area contributed by atoms with Gasteiger partial charge in [0.05, 0.1) is 24.7 Å². The van der Waals surface area contributed by atoms with Crippen LogP contribution in [0.5, 0.6) is 0 Å². The molecule has 0 unspecified atom stereocenters. The van der Waals surface area contributed by atoms with Crippen LogP contribution in [0.2, 0.25) is 0 Å². The highest BCUT2D eigenvalue weighted by Crippen LogP contribution is 2.51. The lowest BCUT2D eigenvalue weighted by molar-refractivity contribution is -0.313. The van der Waals surface area contributed by atoms with Crippen LogP contribution in [-0.2, 0) is 19.1 Å². The van der Waals surface area contributed by atoms with Crippen LogP contribution >= 0.6 is 0 Å². The summed E-state index contributed by atoms with van der Waals surface area (Å²) < 4.78 is 11.2. The van der Waals surface area contributed by atoms with E-state index >= 15 is 0 Å². The number of carboxylic acid groups (broad SMARTS) is 1. The standard InChI is InChI=1S/C15H21NO5/c1-9(2)20-7-3-6-16-8-15-5-4-10(21-15)11(14(18)19)12(15)13(16)17/h4-5,9-12H,3,6-8H2,1-2H3,(H,18,19)/p-1/t10-,11-,12+,15+/m0/s1. The van der Waals surface area contributed by atoms with E-state index in [2.05, 4.69) is 0 Å². The number of carboxylic acids is 1. The molecule has 21 heavy (non-hydrogen) atoms. The lowest BCUT2D eigenvalue weighted by atomic mass is 9.77. The van der Waals surface area contributed by atoms with Gasteiger partial charge in [-0.25, -0.2) is 0 Å². The Hall–Kier alpha value is -1.40. The molecule has 116 valence electrons. The number of carbonyl (C=O) groups is 2. The van der Waals surface area contributed by atoms with Crippen molar-refractivity contribution in [2.24, 2.45) is 11.8 Å². The van der Waals surface area contributed by atoms with Gasteiger partial charge in [-0.3, -0.25) is 4.79 Å². The Balaban J connectivity index is 1.65. The molecule has 0 N–H and O–H groups in total. The molecule has 1 amide bonds. The third kappa shape index (κ3) is 2.26. The Kier molecular flexibility index (Phi) is 3.53. The predicted octanol–water partition coefficient (Wildman–Crippen LogP) is -0.667. The lowest BCUT2D eigenvalue weighted by Gasteiger charge is -2.24. The van der Waals surface area contributed by atoms with Crippen molar-refractivity contribution in [3.8, 4) is 0 Å². The SMILES string of the molecule is CC(C)OCCCN1C[C@@]23C=C[C@H](O2)[C@H](C(=O)[O-])[C@@H]3C1=O. The first-order valence-corrected chi connectivity index (χ1v) is 7.43. The van der Waals surface area contributed by atoms with Crippen LogP contribution in [0.25, 0.3) is 0 Å². The Bertz CT molecular complexity index is 488. The maximum atomic E-state index is 12.5. The van der Waals surface area contributed by atoms with Crippen LogP contribution in [-0.4, -0.2) is 54.3 Å². The summed E-state index contributed by atoms with van der Waals surface area (Å²) in [5.74, 6) is -2.84. The number of carbonyl (C=O) groups excluding carboxylic acids is 2. The molecule has 0 aliphatic carbocycles. The van der Waals surface area contributed by atoms with Crippen LogP contribution in [0, 0.1) is 11.8 Å². The van der Waals surface area contributed by atoms with Gasteiger partial charge in [0.15, 0.2) is 0 Å². The van der Waals surface area contributed by atoms with Crippen molar-refractivity contribution in [3.05, 3.63) is 12.2 Å². The van der Waals surface area contributed by atoms with Crippen LogP contribution in [0.1, 0.15) is 20.3 Å². The zero-order valence-electron chi connectivity index (χ0n) is 12.3. The second-order valence-corrected chi connectivity index (χ2v) is 6.25. The molecular formula is C15H20NO5-. The quantitative estimate of drug-likeness (QED) is 0.480. The molecule has 4 atom stereocenters. The van der Waals surface area contributed by atoms with Gasteiger partial charge in [-0.15, -0.1) is 0 Å². The topological polar surface area (TPSA) is 78.9 Å². The fourth-order valence-electron chi connectivity index (χ4n) is 3.61. The molecular weight excluding hydrogens is 274 g/mol. The van der Waals surface area contributed by atoms with E-state index in [0.717, 1.165) is 6.42 Å². The molecule has 3 aliphatic rings. The number of fused-ring (bicyclic) bond motifs is 1. The van der Waals surface area contributed by atoms with E-state index < -0.39 is 29.5 Å². The maximum absolute atomic E-state index is 12.5. The molecule has 0 aromatic heterocycles. The van der Waals surface area contributed by atoms with Gasteiger partial charge in [0.2, 0.25) is 5.91 Å². The van der Waals surface area contributed by atoms with E-state index in [1.807, 2.05) is 19.9 Å². The predicted molar refractivity (Wildman–Crippen MR) is 71.0 cm³/mol. The van der Waals surface area contributed by atoms with Crippen molar-refractivity contribution in [3.63, 3.8) is 0 Å². The highest BCUT2D eigenvalue weighted by Gasteiger charge is 2.65. The van der Waals surface area contributed by atoms with Crippen molar-refractivity contribution in [1.29, 1.82) is 0 Å². The summed E-state index contributed by atoms with van der Waals surface area (Å²) >= 11 is 0. The molecule has 3 aliphatic heterocycles. The number of nitrogens with zero attached hydrogens (tertiary/aromatic N) is 1. The van der Waals surface area contributed by atoms with Crippen molar-refractivity contribution in [1.82, 2.24) is 4.90 Å². The van der Waals surface area contributed by atoms with Crippen LogP contribution in [0.4, 0.5) is 0 Å². The number of hydrogen-bond donors (Lipinski definition) is 0. The highest BCUT2D eigenvalue weighted by atomic mass is 16.5. The van der Waals surface area contributed by atoms with Crippen LogP contribution in [0.15, 0.2) is 12.2 Å². The van der Waals surface area contributed by atoms with Gasteiger partial charge in [0.1, 0.15) is 5.60 Å². The number of aliphatic carboxylic acids is 1. The average Bonchev–Trinajstić information content (AvgIpc) is 3.03. The van der Waals surface area contributed by atoms with Crippen LogP contribution in [0.3, 0.4) is 0 Å². The molecule has 2 fully saturated rings. The van der Waals surface area contributed by atoms with Gasteiger partial charge < -0.3 is 24.3 Å². The van der Waals surface area contributed by atoms with E-state index in [0.29, 0.717) is 19.7 Å². The molecule has 6 nitrogen and oxygen atoms in total. The minimum atomic E-state index is -1.20. The summed E-state index contributed by atoms with van der Waals surface area (Å²) in [7, 11) is 0. The third-order valence-electron chi connectivity index (χ3n) is 4.47. The molecule has 0 aromatic carbocycles. The minimum Gasteiger partial charge on any atom is -0.550 e. The van der Waals surface area contributed by atoms with E-state index in [1.54, 1.807) is 11.0 Å². The fraction of sp³-hybridized carbons (Fsp3) is 0.733. The van der Waals surface area contributed by atoms with Crippen molar-refractivity contribution < 1.29 is 24.2 Å². The number of likely N-dealkylation sites (tertiary alicyclic amines) is 1. The first kappa shape index (κ1) is 14.5. The summed E-state index contributed by atoms with van der Waals surface area (Å²) in [5, 5.41) is 11.3. The number of rotatable bonds is 6. The molecule has 0 radical (unpaired) electrons. The molecule has 0 aromatic rings. The Morgan fingerprint density at radius 1 is 1.62 bits per heavy atom. The van der Waals surface area contributed by atoms with Crippen molar-refractivity contribution >= 4 is 11.9 Å². The Morgan fingerprint density at radius 3 is 3.05 bits per heavy atom. The summed E-state index contributed by atoms with van der Waals surface area (Å²) in [4.78, 5) is 25.5. The van der Waals surface area contributed by atoms with Gasteiger partial charge >= 0.3 is 0 Å². The number of ether oxygens (including phenoxy) is 2. The maximum Gasteiger partial charge on any atom is 0.229 e. The zero-order valence-corrected chi connectivity index (χ0v) is 12.3. The van der Waals surface area contributed by atoms with Gasteiger partial charge in [0, 0.05) is 25.0 Å². The summed E-state index contributed by atoms with van der Waals surface area (Å²) in [6, 6.07) is 0. The Morgan fingerprint density at radius 2 is 2.38 bits per heavy atom. The monoisotopic (exact) mass is 294 g/mol. The van der Waals surface area contributed by atoms with E-state index in [-0.39, 0.29) is 12.0 Å². The lowest BCUT2D eigenvalue weighted by Crippen LogP contribution is -2.45. The largest absolute Gasteiger partial charge is 0.550 e. The molecule has 0 saturated carbocycles. The molecule has 1 spiro atoms. The minimum absolute atomic E-state index is 0.138. The van der Waals surface area contributed by atoms with Gasteiger partial charge in [0.25, 0.3) is 0 Å². The van der Waals surface area contributed by atoms with E-state index in [4.69, 9.17) is 9.47 Å². The second kappa shape index (κ2) is 5.10. The van der Waals surface area contributed by atoms with Gasteiger partial charge in [-0.05, 0) is 20.3 Å². The summed E-state index contributed by atoms with van der Waals surface area (Å²) in [6.45, 7) is 5.50. The third-order valence-corrected chi connectivity index (χ3v) is 4.47. The Labute approximate surface area is 123 Å². The fourth-order valence-corrected chi connectivity index (χ4v) is 3.61. The molecule has 3 rings (SSSR count). The normalized spacial score (nSPS) is 36.8.